The Hall–Kier alpha value is -2.36. The summed E-state index contributed by atoms with van der Waals surface area (Å²) in [7, 11) is 1.39. The molecule has 4 heteroatoms. The third-order valence-corrected chi connectivity index (χ3v) is 6.11. The van der Waals surface area contributed by atoms with Gasteiger partial charge >= 0.3 is 5.97 Å². The maximum absolute atomic E-state index is 14.9. The van der Waals surface area contributed by atoms with E-state index in [4.69, 9.17) is 9.47 Å². The highest BCUT2D eigenvalue weighted by atomic mass is 19.1. The molecular formula is C24H27FO3. The maximum atomic E-state index is 14.9. The molecule has 0 radical (unpaired) electrons. The molecule has 2 aliphatic rings. The van der Waals surface area contributed by atoms with E-state index in [9.17, 15) is 9.18 Å². The van der Waals surface area contributed by atoms with Gasteiger partial charge in [-0.05, 0) is 73.3 Å². The number of hydrogen-bond acceptors (Lipinski definition) is 3. The van der Waals surface area contributed by atoms with Crippen molar-refractivity contribution in [2.75, 3.05) is 7.11 Å². The Bertz CT molecular complexity index is 851. The molecule has 2 aromatic rings. The van der Waals surface area contributed by atoms with Gasteiger partial charge in [-0.25, -0.2) is 4.39 Å². The number of carbonyl (C=O) groups excluding carboxylic acids is 1. The van der Waals surface area contributed by atoms with Crippen molar-refractivity contribution in [1.82, 2.24) is 0 Å². The van der Waals surface area contributed by atoms with Crippen LogP contribution >= 0.6 is 0 Å². The zero-order chi connectivity index (χ0) is 19.5. The molecule has 3 nitrogen and oxygen atoms in total. The van der Waals surface area contributed by atoms with Crippen LogP contribution in [-0.2, 0) is 16.0 Å². The number of halogens is 1. The number of hydrogen-bond donors (Lipinski definition) is 0. The van der Waals surface area contributed by atoms with Crippen molar-refractivity contribution >= 4 is 5.97 Å². The largest absolute Gasteiger partial charge is 0.490 e. The summed E-state index contributed by atoms with van der Waals surface area (Å²) in [5.74, 6) is 0.518. The SMILES string of the molecule is COC(=O)Cc1cccc(OC2CCCC2)c1-c1cccc(F)c1C1CCC1. The van der Waals surface area contributed by atoms with Crippen molar-refractivity contribution < 1.29 is 18.7 Å². The van der Waals surface area contributed by atoms with Gasteiger partial charge in [-0.1, -0.05) is 30.7 Å². The van der Waals surface area contributed by atoms with Crippen LogP contribution in [0.1, 0.15) is 62.0 Å². The first-order valence-electron chi connectivity index (χ1n) is 10.3. The average Bonchev–Trinajstić information content (AvgIpc) is 3.15. The van der Waals surface area contributed by atoms with E-state index in [2.05, 4.69) is 0 Å². The normalized spacial score (nSPS) is 17.4. The van der Waals surface area contributed by atoms with Crippen LogP contribution in [0.15, 0.2) is 36.4 Å². The van der Waals surface area contributed by atoms with Crippen LogP contribution in [0.4, 0.5) is 4.39 Å². The highest BCUT2D eigenvalue weighted by molar-refractivity contribution is 5.82. The topological polar surface area (TPSA) is 35.5 Å². The summed E-state index contributed by atoms with van der Waals surface area (Å²) in [5.41, 5.74) is 3.30. The molecule has 2 saturated carbocycles. The van der Waals surface area contributed by atoms with E-state index in [1.165, 1.54) is 26.0 Å². The molecule has 0 N–H and O–H groups in total. The van der Waals surface area contributed by atoms with Crippen molar-refractivity contribution in [2.24, 2.45) is 0 Å². The number of methoxy groups -OCH3 is 1. The van der Waals surface area contributed by atoms with Crippen LogP contribution in [0.25, 0.3) is 11.1 Å². The molecular weight excluding hydrogens is 355 g/mol. The molecule has 0 atom stereocenters. The van der Waals surface area contributed by atoms with Gasteiger partial charge in [0.15, 0.2) is 0 Å². The molecule has 0 saturated heterocycles. The zero-order valence-corrected chi connectivity index (χ0v) is 16.4. The lowest BCUT2D eigenvalue weighted by Crippen LogP contribution is -2.15. The lowest BCUT2D eigenvalue weighted by atomic mass is 9.76. The summed E-state index contributed by atoms with van der Waals surface area (Å²) in [6.45, 7) is 0. The van der Waals surface area contributed by atoms with E-state index in [1.807, 2.05) is 24.3 Å². The van der Waals surface area contributed by atoms with Crippen LogP contribution in [0.3, 0.4) is 0 Å². The minimum Gasteiger partial charge on any atom is -0.490 e. The molecule has 148 valence electrons. The summed E-state index contributed by atoms with van der Waals surface area (Å²) in [6.07, 6.45) is 7.91. The van der Waals surface area contributed by atoms with E-state index < -0.39 is 0 Å². The fraction of sp³-hybridized carbons (Fsp3) is 0.458. The Balaban J connectivity index is 1.83. The first-order chi connectivity index (χ1) is 13.7. The van der Waals surface area contributed by atoms with Crippen molar-refractivity contribution in [3.63, 3.8) is 0 Å². The van der Waals surface area contributed by atoms with Crippen LogP contribution < -0.4 is 4.74 Å². The van der Waals surface area contributed by atoms with Gasteiger partial charge in [0, 0.05) is 5.56 Å². The minimum absolute atomic E-state index is 0.147. The van der Waals surface area contributed by atoms with E-state index in [-0.39, 0.29) is 30.2 Å². The summed E-state index contributed by atoms with van der Waals surface area (Å²) >= 11 is 0. The molecule has 0 heterocycles. The number of carbonyl (C=O) groups is 1. The molecule has 0 unspecified atom stereocenters. The van der Waals surface area contributed by atoms with E-state index in [0.29, 0.717) is 0 Å². The summed E-state index contributed by atoms with van der Waals surface area (Å²) < 4.78 is 26.1. The predicted octanol–water partition coefficient (Wildman–Crippen LogP) is 5.80. The smallest absolute Gasteiger partial charge is 0.310 e. The quantitative estimate of drug-likeness (QED) is 0.593. The molecule has 28 heavy (non-hydrogen) atoms. The molecule has 0 bridgehead atoms. The lowest BCUT2D eigenvalue weighted by molar-refractivity contribution is -0.139. The van der Waals surface area contributed by atoms with E-state index in [0.717, 1.165) is 60.1 Å². The summed E-state index contributed by atoms with van der Waals surface area (Å²) in [6, 6.07) is 11.0. The Kier molecular flexibility index (Phi) is 5.65. The van der Waals surface area contributed by atoms with Gasteiger partial charge in [-0.2, -0.15) is 0 Å². The third-order valence-electron chi connectivity index (χ3n) is 6.11. The molecule has 0 aliphatic heterocycles. The number of rotatable bonds is 6. The fourth-order valence-electron chi connectivity index (χ4n) is 4.41. The Morgan fingerprint density at radius 1 is 1.04 bits per heavy atom. The van der Waals surface area contributed by atoms with Crippen LogP contribution in [0.5, 0.6) is 5.75 Å². The standard InChI is InChI=1S/C24H27FO3/c1-27-22(26)15-17-9-5-14-21(28-18-10-2-3-11-18)24(17)19-12-6-13-20(25)23(19)16-7-4-8-16/h5-6,9,12-14,16,18H,2-4,7-8,10-11,15H2,1H3. The van der Waals surface area contributed by atoms with Crippen LogP contribution in [0.2, 0.25) is 0 Å². The summed E-state index contributed by atoms with van der Waals surface area (Å²) in [4.78, 5) is 12.0. The van der Waals surface area contributed by atoms with Crippen molar-refractivity contribution in [1.29, 1.82) is 0 Å². The molecule has 2 fully saturated rings. The zero-order valence-electron chi connectivity index (χ0n) is 16.4. The van der Waals surface area contributed by atoms with Crippen LogP contribution in [0, 0.1) is 5.82 Å². The second-order valence-electron chi connectivity index (χ2n) is 7.90. The van der Waals surface area contributed by atoms with E-state index in [1.54, 1.807) is 6.07 Å². The first-order valence-corrected chi connectivity index (χ1v) is 10.3. The van der Waals surface area contributed by atoms with Gasteiger partial charge in [-0.15, -0.1) is 0 Å². The van der Waals surface area contributed by atoms with Crippen molar-refractivity contribution in [3.05, 3.63) is 53.3 Å². The second kappa shape index (κ2) is 8.34. The highest BCUT2D eigenvalue weighted by Crippen LogP contribution is 2.46. The van der Waals surface area contributed by atoms with E-state index >= 15 is 0 Å². The van der Waals surface area contributed by atoms with Crippen molar-refractivity contribution in [3.8, 4) is 16.9 Å². The molecule has 2 aromatic carbocycles. The second-order valence-corrected chi connectivity index (χ2v) is 7.90. The molecule has 0 spiro atoms. The maximum Gasteiger partial charge on any atom is 0.310 e. The van der Waals surface area contributed by atoms with Gasteiger partial charge in [0.2, 0.25) is 0 Å². The number of esters is 1. The van der Waals surface area contributed by atoms with Gasteiger partial charge in [0.1, 0.15) is 11.6 Å². The molecule has 0 aromatic heterocycles. The first kappa shape index (κ1) is 19.0. The van der Waals surface area contributed by atoms with Crippen molar-refractivity contribution in [2.45, 2.75) is 63.4 Å². The number of benzene rings is 2. The van der Waals surface area contributed by atoms with Gasteiger partial charge < -0.3 is 9.47 Å². The molecule has 2 aliphatic carbocycles. The Morgan fingerprint density at radius 2 is 1.79 bits per heavy atom. The number of ether oxygens (including phenoxy) is 2. The minimum atomic E-state index is -0.305. The predicted molar refractivity (Wildman–Crippen MR) is 107 cm³/mol. The molecule has 4 rings (SSSR count). The fourth-order valence-corrected chi connectivity index (χ4v) is 4.41. The van der Waals surface area contributed by atoms with Crippen LogP contribution in [-0.4, -0.2) is 19.2 Å². The van der Waals surface area contributed by atoms with Gasteiger partial charge in [0.25, 0.3) is 0 Å². The summed E-state index contributed by atoms with van der Waals surface area (Å²) in [5, 5.41) is 0. The highest BCUT2D eigenvalue weighted by Gasteiger charge is 2.29. The Morgan fingerprint density at radius 3 is 2.46 bits per heavy atom. The molecule has 0 amide bonds. The van der Waals surface area contributed by atoms with Gasteiger partial charge in [-0.3, -0.25) is 4.79 Å². The third kappa shape index (κ3) is 3.78. The lowest BCUT2D eigenvalue weighted by Gasteiger charge is -2.29. The Labute approximate surface area is 165 Å². The van der Waals surface area contributed by atoms with Gasteiger partial charge in [0.05, 0.1) is 19.6 Å². The monoisotopic (exact) mass is 382 g/mol. The average molecular weight is 382 g/mol.